The van der Waals surface area contributed by atoms with Gasteiger partial charge < -0.3 is 0 Å². The quantitative estimate of drug-likeness (QED) is 0.575. The molecule has 0 atom stereocenters. The molecule has 0 unspecified atom stereocenters. The zero-order chi connectivity index (χ0) is 10.8. The third kappa shape index (κ3) is 1.46. The third-order valence-corrected chi connectivity index (χ3v) is 2.83. The molecule has 2 aromatic carbocycles. The van der Waals surface area contributed by atoms with Crippen molar-refractivity contribution in [2.75, 3.05) is 0 Å². The fourth-order valence-electron chi connectivity index (χ4n) is 2.04. The molecular weight excluding hydrogens is 192 g/mol. The molecule has 0 aliphatic heterocycles. The van der Waals surface area contributed by atoms with Crippen molar-refractivity contribution in [3.05, 3.63) is 59.7 Å². The summed E-state index contributed by atoms with van der Waals surface area (Å²) in [5.74, 6) is 6.41. The van der Waals surface area contributed by atoms with Gasteiger partial charge in [0.2, 0.25) is 0 Å². The molecule has 16 heavy (non-hydrogen) atoms. The first-order valence-electron chi connectivity index (χ1n) is 5.45. The highest BCUT2D eigenvalue weighted by atomic mass is 14.1. The smallest absolute Gasteiger partial charge is 0.0480 e. The minimum absolute atomic E-state index is 0.926. The van der Waals surface area contributed by atoms with Gasteiger partial charge in [-0.05, 0) is 29.7 Å². The van der Waals surface area contributed by atoms with E-state index in [9.17, 15) is 0 Å². The van der Waals surface area contributed by atoms with Gasteiger partial charge >= 0.3 is 0 Å². The second-order valence-electron chi connectivity index (χ2n) is 3.85. The van der Waals surface area contributed by atoms with Crippen molar-refractivity contribution in [1.29, 1.82) is 0 Å². The van der Waals surface area contributed by atoms with Crippen LogP contribution in [0.25, 0.3) is 11.1 Å². The van der Waals surface area contributed by atoms with E-state index in [4.69, 9.17) is 0 Å². The molecule has 1 aliphatic carbocycles. The first-order valence-corrected chi connectivity index (χ1v) is 5.45. The third-order valence-electron chi connectivity index (χ3n) is 2.83. The van der Waals surface area contributed by atoms with Crippen molar-refractivity contribution in [2.24, 2.45) is 0 Å². The van der Waals surface area contributed by atoms with Gasteiger partial charge in [-0.1, -0.05) is 48.2 Å². The van der Waals surface area contributed by atoms with E-state index in [-0.39, 0.29) is 0 Å². The van der Waals surface area contributed by atoms with Gasteiger partial charge in [0.15, 0.2) is 0 Å². The van der Waals surface area contributed by atoms with Gasteiger partial charge in [-0.3, -0.25) is 0 Å². The summed E-state index contributed by atoms with van der Waals surface area (Å²) in [6, 6.07) is 18.6. The van der Waals surface area contributed by atoms with Gasteiger partial charge in [0.25, 0.3) is 0 Å². The van der Waals surface area contributed by atoms with Crippen LogP contribution in [0, 0.1) is 24.0 Å². The van der Waals surface area contributed by atoms with Crippen LogP contribution >= 0.6 is 0 Å². The Kier molecular flexibility index (Phi) is 2.13. The molecule has 2 aromatic rings. The van der Waals surface area contributed by atoms with Crippen LogP contribution in [0.4, 0.5) is 0 Å². The molecule has 0 saturated carbocycles. The van der Waals surface area contributed by atoms with Crippen molar-refractivity contribution in [1.82, 2.24) is 0 Å². The topological polar surface area (TPSA) is 0 Å². The second-order valence-corrected chi connectivity index (χ2v) is 3.85. The maximum Gasteiger partial charge on any atom is 0.0480 e. The average molecular weight is 202 g/mol. The van der Waals surface area contributed by atoms with E-state index in [2.05, 4.69) is 48.2 Å². The van der Waals surface area contributed by atoms with Crippen molar-refractivity contribution < 1.29 is 0 Å². The van der Waals surface area contributed by atoms with Crippen molar-refractivity contribution >= 4 is 0 Å². The summed E-state index contributed by atoms with van der Waals surface area (Å²) < 4.78 is 0. The minimum Gasteiger partial charge on any atom is -0.0975 e. The molecule has 1 aliphatic rings. The first kappa shape index (κ1) is 9.08. The molecule has 0 radical (unpaired) electrons. The van der Waals surface area contributed by atoms with E-state index in [0.29, 0.717) is 0 Å². The highest BCUT2D eigenvalue weighted by Crippen LogP contribution is 2.26. The van der Waals surface area contributed by atoms with Gasteiger partial charge in [0, 0.05) is 17.5 Å². The number of fused-ring (bicyclic) bond motifs is 3. The summed E-state index contributed by atoms with van der Waals surface area (Å²) in [6.45, 7) is 0. The lowest BCUT2D eigenvalue weighted by Gasteiger charge is -2.10. The highest BCUT2D eigenvalue weighted by molar-refractivity contribution is 5.73. The van der Waals surface area contributed by atoms with Crippen LogP contribution in [0.15, 0.2) is 36.4 Å². The van der Waals surface area contributed by atoms with E-state index in [0.717, 1.165) is 24.0 Å². The van der Waals surface area contributed by atoms with E-state index < -0.39 is 0 Å². The Hall–Kier alpha value is -2.18. The summed E-state index contributed by atoms with van der Waals surface area (Å²) in [4.78, 5) is 0. The molecular formula is C16H10. The van der Waals surface area contributed by atoms with E-state index in [1.807, 2.05) is 12.1 Å². The molecule has 0 aromatic heterocycles. The summed E-state index contributed by atoms with van der Waals surface area (Å²) in [5, 5.41) is 0. The molecule has 0 saturated heterocycles. The first-order chi connectivity index (χ1) is 7.95. The van der Waals surface area contributed by atoms with Crippen LogP contribution < -0.4 is 0 Å². The molecule has 0 heterocycles. The summed E-state index contributed by atoms with van der Waals surface area (Å²) >= 11 is 0. The van der Waals surface area contributed by atoms with Crippen molar-refractivity contribution in [3.63, 3.8) is 0 Å². The van der Waals surface area contributed by atoms with Crippen LogP contribution in [0.1, 0.15) is 17.5 Å². The standard InChI is InChI=1S/C16H10/c1-2-8-14-10-4-6-12-16(14)15-11-5-3-9-13(15)7-1/h3-5,9-11H,1,7H2. The number of rotatable bonds is 0. The normalized spacial score (nSPS) is 12.0. The molecule has 0 amide bonds. The van der Waals surface area contributed by atoms with E-state index in [1.165, 1.54) is 11.1 Å². The maximum absolute atomic E-state index is 3.20. The second kappa shape index (κ2) is 3.76. The van der Waals surface area contributed by atoms with Gasteiger partial charge in [-0.25, -0.2) is 0 Å². The predicted octanol–water partition coefficient (Wildman–Crippen LogP) is 3.25. The number of hydrogen-bond donors (Lipinski definition) is 0. The largest absolute Gasteiger partial charge is 0.0975 e. The maximum atomic E-state index is 3.20. The highest BCUT2D eigenvalue weighted by Gasteiger charge is 2.08. The molecule has 3 rings (SSSR count). The Labute approximate surface area is 95.9 Å². The van der Waals surface area contributed by atoms with Crippen LogP contribution in [0.5, 0.6) is 0 Å². The molecule has 74 valence electrons. The zero-order valence-corrected chi connectivity index (χ0v) is 8.88. The number of benzene rings is 1. The molecule has 0 fully saturated rings. The lowest BCUT2D eigenvalue weighted by molar-refractivity contribution is 1.03. The van der Waals surface area contributed by atoms with E-state index >= 15 is 0 Å². The summed E-state index contributed by atoms with van der Waals surface area (Å²) in [7, 11) is 0. The van der Waals surface area contributed by atoms with Gasteiger partial charge in [-0.2, -0.15) is 0 Å². The van der Waals surface area contributed by atoms with Crippen LogP contribution in [0.3, 0.4) is 0 Å². The Bertz CT molecular complexity index is 582. The molecule has 0 heteroatoms. The average Bonchev–Trinajstić information content (AvgIpc) is 2.33. The monoisotopic (exact) mass is 202 g/mol. The Morgan fingerprint density at radius 3 is 3.00 bits per heavy atom. The SMILES string of the molecule is C1#Cc2ccc#cc2-c2ccccc2CC1. The molecule has 0 bridgehead atoms. The number of hydrogen-bond acceptors (Lipinski definition) is 0. The fraction of sp³-hybridized carbons (Fsp3) is 0.125. The summed E-state index contributed by atoms with van der Waals surface area (Å²) in [6.07, 6.45) is 1.94. The van der Waals surface area contributed by atoms with Crippen LogP contribution in [0.2, 0.25) is 0 Å². The zero-order valence-electron chi connectivity index (χ0n) is 8.88. The molecule has 0 spiro atoms. The molecule has 0 N–H and O–H groups in total. The molecule has 0 nitrogen and oxygen atoms in total. The van der Waals surface area contributed by atoms with Gasteiger partial charge in [0.1, 0.15) is 0 Å². The Balaban J connectivity index is 2.30. The number of aryl methyl sites for hydroxylation is 1. The van der Waals surface area contributed by atoms with Crippen LogP contribution in [-0.4, -0.2) is 0 Å². The Morgan fingerprint density at radius 2 is 2.00 bits per heavy atom. The lowest BCUT2D eigenvalue weighted by atomic mass is 9.93. The Morgan fingerprint density at radius 1 is 1.06 bits per heavy atom. The fourth-order valence-corrected chi connectivity index (χ4v) is 2.04. The summed E-state index contributed by atoms with van der Waals surface area (Å²) in [5.41, 5.74) is 4.76. The van der Waals surface area contributed by atoms with Crippen LogP contribution in [-0.2, 0) is 6.42 Å². The van der Waals surface area contributed by atoms with Crippen molar-refractivity contribution in [2.45, 2.75) is 12.8 Å². The van der Waals surface area contributed by atoms with E-state index in [1.54, 1.807) is 0 Å². The van der Waals surface area contributed by atoms with Gasteiger partial charge in [0.05, 0.1) is 0 Å². The minimum atomic E-state index is 0.926. The predicted molar refractivity (Wildman–Crippen MR) is 64.7 cm³/mol. The lowest BCUT2D eigenvalue weighted by Crippen LogP contribution is -1.93. The van der Waals surface area contributed by atoms with Crippen molar-refractivity contribution in [3.8, 4) is 23.0 Å². The van der Waals surface area contributed by atoms with Gasteiger partial charge in [-0.15, -0.1) is 0 Å².